The first-order chi connectivity index (χ1) is 7.75. The van der Waals surface area contributed by atoms with E-state index in [1.165, 1.54) is 0 Å². The summed E-state index contributed by atoms with van der Waals surface area (Å²) in [5, 5.41) is 8.87. The van der Waals surface area contributed by atoms with E-state index in [9.17, 15) is 0 Å². The van der Waals surface area contributed by atoms with Crippen molar-refractivity contribution in [3.8, 4) is 11.4 Å². The van der Waals surface area contributed by atoms with Crippen molar-refractivity contribution in [1.82, 2.24) is 19.6 Å². The molecule has 3 rings (SSSR count). The molecule has 6 heteroatoms. The Hall–Kier alpha value is -1.95. The van der Waals surface area contributed by atoms with Gasteiger partial charge >= 0.3 is 0 Å². The Morgan fingerprint density at radius 2 is 2.25 bits per heavy atom. The van der Waals surface area contributed by atoms with Gasteiger partial charge in [0.25, 0.3) is 5.78 Å². The van der Waals surface area contributed by atoms with Crippen LogP contribution in [0.15, 0.2) is 24.5 Å². The van der Waals surface area contributed by atoms with Gasteiger partial charge in [-0.05, 0) is 19.1 Å². The first-order valence-corrected chi connectivity index (χ1v) is 5.59. The number of aromatic nitrogens is 4. The number of thiophene rings is 1. The molecule has 0 bridgehead atoms. The molecule has 3 aromatic rings. The monoisotopic (exact) mass is 231 g/mol. The van der Waals surface area contributed by atoms with Gasteiger partial charge in [0.15, 0.2) is 5.82 Å². The largest absolute Gasteiger partial charge is 0.390 e. The molecular formula is C10H9N5S. The summed E-state index contributed by atoms with van der Waals surface area (Å²) in [6, 6.07) is 3.86. The molecule has 0 aliphatic rings. The molecule has 0 fully saturated rings. The lowest BCUT2D eigenvalue weighted by molar-refractivity contribution is 1.10. The van der Waals surface area contributed by atoms with E-state index in [-0.39, 0.29) is 0 Å². The molecule has 0 spiro atoms. The summed E-state index contributed by atoms with van der Waals surface area (Å²) in [5.74, 6) is 1.32. The fraction of sp³-hybridized carbons (Fsp3) is 0.100. The number of fused-ring (bicyclic) bond motifs is 1. The second kappa shape index (κ2) is 3.28. The number of nitrogens with two attached hydrogens (primary N) is 1. The topological polar surface area (TPSA) is 69.1 Å². The van der Waals surface area contributed by atoms with Gasteiger partial charge in [0.05, 0.1) is 10.6 Å². The molecule has 80 valence electrons. The Kier molecular flexibility index (Phi) is 1.90. The first-order valence-electron chi connectivity index (χ1n) is 4.78. The van der Waals surface area contributed by atoms with Crippen LogP contribution in [0.25, 0.3) is 17.2 Å². The van der Waals surface area contributed by atoms with Crippen molar-refractivity contribution in [1.29, 1.82) is 0 Å². The zero-order valence-corrected chi connectivity index (χ0v) is 9.40. The van der Waals surface area contributed by atoms with Gasteiger partial charge < -0.3 is 5.73 Å². The molecule has 0 aliphatic heterocycles. The maximum atomic E-state index is 5.94. The van der Waals surface area contributed by atoms with Crippen molar-refractivity contribution in [2.24, 2.45) is 0 Å². The van der Waals surface area contributed by atoms with Gasteiger partial charge in [-0.2, -0.15) is 0 Å². The van der Waals surface area contributed by atoms with Crippen molar-refractivity contribution in [2.45, 2.75) is 6.92 Å². The summed E-state index contributed by atoms with van der Waals surface area (Å²) in [6.07, 6.45) is 3.57. The Balaban J connectivity index is 2.30. The molecule has 0 atom stereocenters. The Bertz CT molecular complexity index is 654. The number of rotatable bonds is 1. The molecule has 5 nitrogen and oxygen atoms in total. The smallest absolute Gasteiger partial charge is 0.255 e. The predicted octanol–water partition coefficient (Wildman–Crippen LogP) is 1.74. The molecule has 16 heavy (non-hydrogen) atoms. The van der Waals surface area contributed by atoms with Crippen molar-refractivity contribution >= 4 is 22.1 Å². The van der Waals surface area contributed by atoms with Crippen molar-refractivity contribution in [2.75, 3.05) is 5.73 Å². The molecule has 2 N–H and O–H groups in total. The minimum atomic E-state index is 0.584. The highest BCUT2D eigenvalue weighted by molar-refractivity contribution is 7.16. The van der Waals surface area contributed by atoms with Crippen LogP contribution < -0.4 is 5.73 Å². The predicted molar refractivity (Wildman–Crippen MR) is 63.2 cm³/mol. The third-order valence-electron chi connectivity index (χ3n) is 2.31. The fourth-order valence-electron chi connectivity index (χ4n) is 1.63. The van der Waals surface area contributed by atoms with E-state index < -0.39 is 0 Å². The third kappa shape index (κ3) is 1.27. The normalized spacial score (nSPS) is 11.1. The van der Waals surface area contributed by atoms with Crippen LogP contribution in [0.4, 0.5) is 5.00 Å². The summed E-state index contributed by atoms with van der Waals surface area (Å²) in [7, 11) is 0. The standard InChI is InChI=1S/C10H9N5S/c1-6-5-7(8(11)16-6)9-13-14-10-12-3-2-4-15(9)10/h2-5H,11H2,1H3. The molecule has 0 aromatic carbocycles. The van der Waals surface area contributed by atoms with Crippen LogP contribution in [0.1, 0.15) is 4.88 Å². The highest BCUT2D eigenvalue weighted by Crippen LogP contribution is 2.32. The molecule has 3 aromatic heterocycles. The van der Waals surface area contributed by atoms with Gasteiger partial charge in [0.1, 0.15) is 0 Å². The summed E-state index contributed by atoms with van der Waals surface area (Å²) in [6.45, 7) is 2.02. The van der Waals surface area contributed by atoms with Gasteiger partial charge in [0.2, 0.25) is 0 Å². The number of nitrogen functional groups attached to an aromatic ring is 1. The number of hydrogen-bond donors (Lipinski definition) is 1. The van der Waals surface area contributed by atoms with E-state index >= 15 is 0 Å². The Morgan fingerprint density at radius 3 is 3.00 bits per heavy atom. The van der Waals surface area contributed by atoms with Crippen molar-refractivity contribution in [3.63, 3.8) is 0 Å². The molecule has 0 saturated carbocycles. The average molecular weight is 231 g/mol. The lowest BCUT2D eigenvalue weighted by atomic mass is 10.3. The maximum absolute atomic E-state index is 5.94. The highest BCUT2D eigenvalue weighted by Gasteiger charge is 2.13. The molecule has 0 unspecified atom stereocenters. The van der Waals surface area contributed by atoms with Crippen LogP contribution in [-0.4, -0.2) is 19.6 Å². The van der Waals surface area contributed by atoms with Gasteiger partial charge in [-0.3, -0.25) is 4.40 Å². The minimum Gasteiger partial charge on any atom is -0.390 e. The highest BCUT2D eigenvalue weighted by atomic mass is 32.1. The van der Waals surface area contributed by atoms with Gasteiger partial charge in [-0.15, -0.1) is 21.5 Å². The summed E-state index contributed by atoms with van der Waals surface area (Å²) >= 11 is 1.55. The molecule has 3 heterocycles. The number of anilines is 1. The molecule has 0 amide bonds. The van der Waals surface area contributed by atoms with Crippen LogP contribution in [0.3, 0.4) is 0 Å². The summed E-state index contributed by atoms with van der Waals surface area (Å²) < 4.78 is 1.83. The van der Waals surface area contributed by atoms with Crippen LogP contribution in [-0.2, 0) is 0 Å². The quantitative estimate of drug-likeness (QED) is 0.692. The fourth-order valence-corrected chi connectivity index (χ4v) is 2.42. The lowest BCUT2D eigenvalue weighted by Crippen LogP contribution is -1.91. The van der Waals surface area contributed by atoms with E-state index in [1.807, 2.05) is 29.7 Å². The van der Waals surface area contributed by atoms with Gasteiger partial charge in [0, 0.05) is 17.3 Å². The van der Waals surface area contributed by atoms with Crippen LogP contribution in [0.2, 0.25) is 0 Å². The lowest BCUT2D eigenvalue weighted by Gasteiger charge is -1.96. The van der Waals surface area contributed by atoms with E-state index in [0.717, 1.165) is 21.3 Å². The molecule has 0 saturated heterocycles. The second-order valence-electron chi connectivity index (χ2n) is 3.45. The van der Waals surface area contributed by atoms with Gasteiger partial charge in [-0.1, -0.05) is 0 Å². The maximum Gasteiger partial charge on any atom is 0.255 e. The average Bonchev–Trinajstić information content (AvgIpc) is 2.81. The number of aryl methyl sites for hydroxylation is 1. The van der Waals surface area contributed by atoms with E-state index in [2.05, 4.69) is 15.2 Å². The van der Waals surface area contributed by atoms with Crippen molar-refractivity contribution in [3.05, 3.63) is 29.4 Å². The third-order valence-corrected chi connectivity index (χ3v) is 3.19. The van der Waals surface area contributed by atoms with Crippen LogP contribution >= 0.6 is 11.3 Å². The Morgan fingerprint density at radius 1 is 1.38 bits per heavy atom. The van der Waals surface area contributed by atoms with E-state index in [0.29, 0.717) is 5.78 Å². The summed E-state index contributed by atoms with van der Waals surface area (Å²) in [4.78, 5) is 5.28. The SMILES string of the molecule is Cc1cc(-c2nnc3ncccn23)c(N)s1. The zero-order chi connectivity index (χ0) is 11.1. The minimum absolute atomic E-state index is 0.584. The van der Waals surface area contributed by atoms with Gasteiger partial charge in [-0.25, -0.2) is 4.98 Å². The van der Waals surface area contributed by atoms with Crippen LogP contribution in [0.5, 0.6) is 0 Å². The van der Waals surface area contributed by atoms with E-state index in [4.69, 9.17) is 5.73 Å². The number of nitrogens with zero attached hydrogens (tertiary/aromatic N) is 4. The second-order valence-corrected chi connectivity index (χ2v) is 4.74. The number of hydrogen-bond acceptors (Lipinski definition) is 5. The van der Waals surface area contributed by atoms with E-state index in [1.54, 1.807) is 17.5 Å². The Labute approximate surface area is 95.6 Å². The molecule has 0 radical (unpaired) electrons. The van der Waals surface area contributed by atoms with Crippen LogP contribution in [0, 0.1) is 6.92 Å². The zero-order valence-electron chi connectivity index (χ0n) is 8.58. The summed E-state index contributed by atoms with van der Waals surface area (Å²) in [5.41, 5.74) is 6.86. The molecule has 0 aliphatic carbocycles. The van der Waals surface area contributed by atoms with Crippen molar-refractivity contribution < 1.29 is 0 Å². The molecular weight excluding hydrogens is 222 g/mol. The first kappa shape index (κ1) is 9.29.